The van der Waals surface area contributed by atoms with Gasteiger partial charge in [0, 0.05) is 30.7 Å². The topological polar surface area (TPSA) is 92.8 Å². The number of nitrogens with zero attached hydrogens (tertiary/aromatic N) is 1. The first-order chi connectivity index (χ1) is 15.1. The summed E-state index contributed by atoms with van der Waals surface area (Å²) >= 11 is 0. The Balaban J connectivity index is 1.86. The Kier molecular flexibility index (Phi) is 7.36. The van der Waals surface area contributed by atoms with Gasteiger partial charge in [0.25, 0.3) is 5.91 Å². The molecule has 8 heteroatoms. The maximum Gasteiger partial charge on any atom is 0.254 e. The largest absolute Gasteiger partial charge is 0.376 e. The third kappa shape index (κ3) is 5.75. The van der Waals surface area contributed by atoms with Gasteiger partial charge in [-0.25, -0.2) is 8.42 Å². The summed E-state index contributed by atoms with van der Waals surface area (Å²) in [6, 6.07) is 10.1. The average molecular weight is 459 g/mol. The summed E-state index contributed by atoms with van der Waals surface area (Å²) in [4.78, 5) is 27.8. The Morgan fingerprint density at radius 3 is 2.53 bits per heavy atom. The van der Waals surface area contributed by atoms with E-state index in [9.17, 15) is 18.0 Å². The molecule has 1 unspecified atom stereocenters. The first-order valence-corrected chi connectivity index (χ1v) is 12.5. The van der Waals surface area contributed by atoms with Crippen molar-refractivity contribution >= 4 is 27.3 Å². The van der Waals surface area contributed by atoms with Gasteiger partial charge in [0.2, 0.25) is 5.91 Å². The van der Waals surface area contributed by atoms with Crippen LogP contribution in [-0.2, 0) is 19.4 Å². The van der Waals surface area contributed by atoms with Crippen molar-refractivity contribution in [2.24, 2.45) is 0 Å². The zero-order valence-corrected chi connectivity index (χ0v) is 19.8. The molecule has 1 fully saturated rings. The van der Waals surface area contributed by atoms with Crippen LogP contribution in [0.3, 0.4) is 0 Å². The molecule has 2 amide bonds. The van der Waals surface area contributed by atoms with E-state index in [-0.39, 0.29) is 41.5 Å². The number of anilines is 1. The Morgan fingerprint density at radius 1 is 1.12 bits per heavy atom. The predicted molar refractivity (Wildman–Crippen MR) is 124 cm³/mol. The van der Waals surface area contributed by atoms with Crippen LogP contribution in [0.2, 0.25) is 0 Å². The fourth-order valence-corrected chi connectivity index (χ4v) is 4.38. The molecule has 7 nitrogen and oxygen atoms in total. The standard InChI is InChI=1S/C24H30N2O5S/c1-16-7-5-9-22(18(16)3)25-23(27)15-26(14-19-8-6-12-31-19)24(28)21-13-20(32(4,29)30)11-10-17(21)2/h5,7,9-11,13,19H,6,8,12,14-15H2,1-4H3,(H,25,27). The lowest BCUT2D eigenvalue weighted by molar-refractivity contribution is -0.117. The van der Waals surface area contributed by atoms with Crippen molar-refractivity contribution in [3.63, 3.8) is 0 Å². The van der Waals surface area contributed by atoms with Crippen molar-refractivity contribution in [3.8, 4) is 0 Å². The third-order valence-corrected chi connectivity index (χ3v) is 6.93. The molecular formula is C24H30N2O5S. The molecule has 0 saturated carbocycles. The van der Waals surface area contributed by atoms with E-state index in [2.05, 4.69) is 5.32 Å². The highest BCUT2D eigenvalue weighted by Gasteiger charge is 2.27. The van der Waals surface area contributed by atoms with Crippen LogP contribution < -0.4 is 5.32 Å². The zero-order chi connectivity index (χ0) is 23.5. The second-order valence-corrected chi connectivity index (χ2v) is 10.4. The van der Waals surface area contributed by atoms with Gasteiger partial charge in [0.1, 0.15) is 6.54 Å². The maximum atomic E-state index is 13.4. The van der Waals surface area contributed by atoms with Crippen molar-refractivity contribution in [3.05, 3.63) is 58.7 Å². The van der Waals surface area contributed by atoms with Crippen LogP contribution in [0, 0.1) is 20.8 Å². The molecule has 1 saturated heterocycles. The summed E-state index contributed by atoms with van der Waals surface area (Å²) in [5, 5.41) is 2.89. The predicted octanol–water partition coefficient (Wildman–Crippen LogP) is 3.28. The van der Waals surface area contributed by atoms with Gasteiger partial charge in [0.05, 0.1) is 11.0 Å². The molecule has 2 aromatic carbocycles. The highest BCUT2D eigenvalue weighted by Crippen LogP contribution is 2.21. The maximum absolute atomic E-state index is 13.4. The average Bonchev–Trinajstić information content (AvgIpc) is 3.23. The lowest BCUT2D eigenvalue weighted by Gasteiger charge is -2.26. The van der Waals surface area contributed by atoms with E-state index in [1.54, 1.807) is 13.0 Å². The fraction of sp³-hybridized carbons (Fsp3) is 0.417. The van der Waals surface area contributed by atoms with Gasteiger partial charge in [-0.2, -0.15) is 0 Å². The number of amides is 2. The molecule has 0 aliphatic carbocycles. The summed E-state index contributed by atoms with van der Waals surface area (Å²) in [7, 11) is -3.47. The highest BCUT2D eigenvalue weighted by molar-refractivity contribution is 7.90. The second-order valence-electron chi connectivity index (χ2n) is 8.37. The molecule has 1 aliphatic heterocycles. The summed E-state index contributed by atoms with van der Waals surface area (Å²) in [5.74, 6) is -0.707. The molecule has 1 N–H and O–H groups in total. The monoisotopic (exact) mass is 458 g/mol. The molecule has 1 heterocycles. The van der Waals surface area contributed by atoms with E-state index in [0.717, 1.165) is 30.2 Å². The number of hydrogen-bond acceptors (Lipinski definition) is 5. The van der Waals surface area contributed by atoms with Gasteiger partial charge in [-0.1, -0.05) is 18.2 Å². The van der Waals surface area contributed by atoms with Crippen LogP contribution in [0.5, 0.6) is 0 Å². The molecule has 0 radical (unpaired) electrons. The number of carbonyl (C=O) groups is 2. The second kappa shape index (κ2) is 9.83. The van der Waals surface area contributed by atoms with Crippen LogP contribution >= 0.6 is 0 Å². The number of benzene rings is 2. The van der Waals surface area contributed by atoms with Crippen molar-refractivity contribution in [1.29, 1.82) is 0 Å². The molecule has 3 rings (SSSR count). The lowest BCUT2D eigenvalue weighted by Crippen LogP contribution is -2.42. The number of rotatable bonds is 7. The summed E-state index contributed by atoms with van der Waals surface area (Å²) in [6.07, 6.45) is 2.67. The fourth-order valence-electron chi connectivity index (χ4n) is 3.74. The van der Waals surface area contributed by atoms with Crippen molar-refractivity contribution < 1.29 is 22.7 Å². The van der Waals surface area contributed by atoms with Crippen molar-refractivity contribution in [2.75, 3.05) is 31.3 Å². The highest BCUT2D eigenvalue weighted by atomic mass is 32.2. The molecule has 1 atom stereocenters. The van der Waals surface area contributed by atoms with Gasteiger partial charge in [-0.05, 0) is 68.5 Å². The minimum absolute atomic E-state index is 0.0725. The quantitative estimate of drug-likeness (QED) is 0.687. The number of hydrogen-bond donors (Lipinski definition) is 1. The minimum atomic E-state index is -3.47. The van der Waals surface area contributed by atoms with E-state index < -0.39 is 9.84 Å². The van der Waals surface area contributed by atoms with Gasteiger partial charge < -0.3 is 15.0 Å². The SMILES string of the molecule is Cc1ccc(S(C)(=O)=O)cc1C(=O)N(CC(=O)Nc1cccc(C)c1C)CC1CCCO1. The van der Waals surface area contributed by atoms with Crippen LogP contribution in [0.25, 0.3) is 0 Å². The number of ether oxygens (including phenoxy) is 1. The van der Waals surface area contributed by atoms with Gasteiger partial charge >= 0.3 is 0 Å². The van der Waals surface area contributed by atoms with E-state index in [0.29, 0.717) is 17.9 Å². The zero-order valence-electron chi connectivity index (χ0n) is 19.0. The normalized spacial score (nSPS) is 16.1. The van der Waals surface area contributed by atoms with Crippen LogP contribution in [0.4, 0.5) is 5.69 Å². The summed E-state index contributed by atoms with van der Waals surface area (Å²) in [5.41, 5.74) is 3.65. The van der Waals surface area contributed by atoms with Gasteiger partial charge in [0.15, 0.2) is 9.84 Å². The molecule has 0 spiro atoms. The Morgan fingerprint density at radius 2 is 1.88 bits per heavy atom. The summed E-state index contributed by atoms with van der Waals surface area (Å²) in [6.45, 7) is 6.38. The Labute approximate surface area is 189 Å². The van der Waals surface area contributed by atoms with Crippen LogP contribution in [0.15, 0.2) is 41.3 Å². The molecule has 0 bridgehead atoms. The van der Waals surface area contributed by atoms with Crippen molar-refractivity contribution in [1.82, 2.24) is 4.90 Å². The summed E-state index contributed by atoms with van der Waals surface area (Å²) < 4.78 is 29.7. The first kappa shape index (κ1) is 23.9. The van der Waals surface area contributed by atoms with Gasteiger partial charge in [-0.15, -0.1) is 0 Å². The van der Waals surface area contributed by atoms with E-state index in [1.807, 2.05) is 32.0 Å². The minimum Gasteiger partial charge on any atom is -0.376 e. The van der Waals surface area contributed by atoms with Crippen LogP contribution in [-0.4, -0.2) is 57.2 Å². The molecule has 0 aromatic heterocycles. The molecule has 32 heavy (non-hydrogen) atoms. The van der Waals surface area contributed by atoms with Crippen LogP contribution in [0.1, 0.15) is 39.9 Å². The smallest absolute Gasteiger partial charge is 0.254 e. The Hall–Kier alpha value is -2.71. The number of carbonyl (C=O) groups excluding carboxylic acids is 2. The number of aryl methyl sites for hydroxylation is 2. The number of sulfone groups is 1. The van der Waals surface area contributed by atoms with Gasteiger partial charge in [-0.3, -0.25) is 9.59 Å². The van der Waals surface area contributed by atoms with E-state index >= 15 is 0 Å². The van der Waals surface area contributed by atoms with Crippen molar-refractivity contribution in [2.45, 2.75) is 44.6 Å². The molecule has 2 aromatic rings. The Bertz CT molecular complexity index is 1120. The number of nitrogens with one attached hydrogen (secondary N) is 1. The molecule has 172 valence electrons. The van der Waals surface area contributed by atoms with E-state index in [1.165, 1.54) is 17.0 Å². The first-order valence-electron chi connectivity index (χ1n) is 10.6. The molecular weight excluding hydrogens is 428 g/mol. The third-order valence-electron chi connectivity index (χ3n) is 5.82. The molecule has 1 aliphatic rings. The van der Waals surface area contributed by atoms with E-state index in [4.69, 9.17) is 4.74 Å². The lowest BCUT2D eigenvalue weighted by atomic mass is 10.1.